The number of hydrogen-bond acceptors (Lipinski definition) is 4. The Balaban J connectivity index is 1.52. The zero-order valence-electron chi connectivity index (χ0n) is 19.6. The maximum Gasteiger partial charge on any atom is 0.264 e. The van der Waals surface area contributed by atoms with Crippen LogP contribution in [0.25, 0.3) is 10.9 Å². The maximum absolute atomic E-state index is 13.5. The average molecular weight is 494 g/mol. The number of rotatable bonds is 11. The van der Waals surface area contributed by atoms with Gasteiger partial charge in [-0.3, -0.25) is 9.59 Å². The number of amides is 2. The number of thiophene rings is 1. The third-order valence-corrected chi connectivity index (χ3v) is 6.73. The van der Waals surface area contributed by atoms with Gasteiger partial charge in [0.15, 0.2) is 0 Å². The van der Waals surface area contributed by atoms with E-state index in [1.54, 1.807) is 30.2 Å². The molecule has 0 fully saturated rings. The summed E-state index contributed by atoms with van der Waals surface area (Å²) in [7, 11) is 1.57. The number of methoxy groups -OCH3 is 1. The van der Waals surface area contributed by atoms with Gasteiger partial charge in [-0.25, -0.2) is 4.39 Å². The van der Waals surface area contributed by atoms with Crippen molar-refractivity contribution in [3.63, 3.8) is 0 Å². The van der Waals surface area contributed by atoms with Crippen LogP contribution in [-0.4, -0.2) is 59.9 Å². The Bertz CT molecular complexity index is 1250. The molecule has 2 aromatic heterocycles. The topological polar surface area (TPSA) is 65.6 Å². The molecule has 0 spiro atoms. The molecule has 0 atom stereocenters. The van der Waals surface area contributed by atoms with Crippen LogP contribution in [0.15, 0.2) is 72.2 Å². The van der Waals surface area contributed by atoms with Crippen molar-refractivity contribution in [2.24, 2.45) is 0 Å². The maximum atomic E-state index is 13.5. The van der Waals surface area contributed by atoms with E-state index in [1.807, 2.05) is 35.8 Å². The lowest BCUT2D eigenvalue weighted by atomic mass is 10.1. The quantitative estimate of drug-likeness (QED) is 0.329. The summed E-state index contributed by atoms with van der Waals surface area (Å²) in [6.45, 7) is 1.37. The predicted octanol–water partition coefficient (Wildman–Crippen LogP) is 4.73. The SMILES string of the molecule is COCCN(CC(=O)N(CCc1c[nH]c2ccccc12)Cc1ccc(F)cc1)C(=O)c1cccs1. The van der Waals surface area contributed by atoms with Crippen molar-refractivity contribution in [3.05, 3.63) is 94.1 Å². The van der Waals surface area contributed by atoms with E-state index < -0.39 is 0 Å². The third kappa shape index (κ3) is 6.35. The summed E-state index contributed by atoms with van der Waals surface area (Å²) in [4.78, 5) is 33.6. The number of aromatic amines is 1. The normalized spacial score (nSPS) is 11.0. The molecule has 0 aliphatic heterocycles. The summed E-state index contributed by atoms with van der Waals surface area (Å²) in [5.41, 5.74) is 2.99. The molecule has 35 heavy (non-hydrogen) atoms. The number of carbonyl (C=O) groups excluding carboxylic acids is 2. The van der Waals surface area contributed by atoms with Gasteiger partial charge in [-0.2, -0.15) is 0 Å². The number of ether oxygens (including phenoxy) is 1. The molecule has 0 unspecified atom stereocenters. The number of para-hydroxylation sites is 1. The van der Waals surface area contributed by atoms with Gasteiger partial charge in [-0.15, -0.1) is 11.3 Å². The lowest BCUT2D eigenvalue weighted by molar-refractivity contribution is -0.132. The number of hydrogen-bond donors (Lipinski definition) is 1. The molecule has 1 N–H and O–H groups in total. The highest BCUT2D eigenvalue weighted by Crippen LogP contribution is 2.19. The molecule has 2 amide bonds. The fraction of sp³-hybridized carbons (Fsp3) is 0.259. The molecule has 4 aromatic rings. The van der Waals surface area contributed by atoms with Crippen molar-refractivity contribution in [2.45, 2.75) is 13.0 Å². The van der Waals surface area contributed by atoms with Crippen LogP contribution >= 0.6 is 11.3 Å². The summed E-state index contributed by atoms with van der Waals surface area (Å²) in [6.07, 6.45) is 2.62. The van der Waals surface area contributed by atoms with Crippen LogP contribution in [0.2, 0.25) is 0 Å². The monoisotopic (exact) mass is 493 g/mol. The number of carbonyl (C=O) groups is 2. The Labute approximate surface area is 207 Å². The average Bonchev–Trinajstić information content (AvgIpc) is 3.55. The standard InChI is InChI=1S/C27H28FN3O3S/c1-34-15-14-31(27(33)25-7-4-16-35-25)19-26(32)30(18-20-8-10-22(28)11-9-20)13-12-21-17-29-24-6-3-2-5-23(21)24/h2-11,16-17,29H,12-15,18-19H2,1H3. The Kier molecular flexibility index (Phi) is 8.28. The first kappa shape index (κ1) is 24.6. The van der Waals surface area contributed by atoms with Gasteiger partial charge >= 0.3 is 0 Å². The number of nitrogens with zero attached hydrogens (tertiary/aromatic N) is 2. The molecule has 0 saturated heterocycles. The first-order valence-corrected chi connectivity index (χ1v) is 12.3. The number of fused-ring (bicyclic) bond motifs is 1. The summed E-state index contributed by atoms with van der Waals surface area (Å²) in [5.74, 6) is -0.684. The predicted molar refractivity (Wildman–Crippen MR) is 136 cm³/mol. The van der Waals surface area contributed by atoms with Gasteiger partial charge in [0.05, 0.1) is 11.5 Å². The number of H-pyrrole nitrogens is 1. The molecule has 0 aliphatic carbocycles. The highest BCUT2D eigenvalue weighted by atomic mass is 32.1. The molecular weight excluding hydrogens is 465 g/mol. The van der Waals surface area contributed by atoms with Crippen LogP contribution in [-0.2, 0) is 22.5 Å². The van der Waals surface area contributed by atoms with Gasteiger partial charge in [0.1, 0.15) is 12.4 Å². The third-order valence-electron chi connectivity index (χ3n) is 5.88. The molecule has 0 radical (unpaired) electrons. The Hall–Kier alpha value is -3.49. The van der Waals surface area contributed by atoms with Crippen molar-refractivity contribution in [3.8, 4) is 0 Å². The number of halogens is 1. The highest BCUT2D eigenvalue weighted by molar-refractivity contribution is 7.12. The van der Waals surface area contributed by atoms with E-state index in [1.165, 1.54) is 28.4 Å². The van der Waals surface area contributed by atoms with Gasteiger partial charge in [0, 0.05) is 43.8 Å². The molecule has 2 aromatic carbocycles. The summed E-state index contributed by atoms with van der Waals surface area (Å²) >= 11 is 1.35. The number of nitrogens with one attached hydrogen (secondary N) is 1. The van der Waals surface area contributed by atoms with Crippen molar-refractivity contribution < 1.29 is 18.7 Å². The Morgan fingerprint density at radius 2 is 1.80 bits per heavy atom. The summed E-state index contributed by atoms with van der Waals surface area (Å²) in [5, 5.41) is 2.96. The summed E-state index contributed by atoms with van der Waals surface area (Å²) in [6, 6.07) is 17.8. The van der Waals surface area contributed by atoms with E-state index in [9.17, 15) is 14.0 Å². The summed E-state index contributed by atoms with van der Waals surface area (Å²) < 4.78 is 18.6. The molecular formula is C27H28FN3O3S. The second-order valence-electron chi connectivity index (χ2n) is 8.25. The molecule has 0 saturated carbocycles. The van der Waals surface area contributed by atoms with E-state index in [2.05, 4.69) is 11.1 Å². The van der Waals surface area contributed by atoms with Crippen molar-refractivity contribution in [1.82, 2.24) is 14.8 Å². The minimum Gasteiger partial charge on any atom is -0.383 e. The van der Waals surface area contributed by atoms with Gasteiger partial charge in [0.25, 0.3) is 5.91 Å². The van der Waals surface area contributed by atoms with Crippen molar-refractivity contribution in [1.29, 1.82) is 0 Å². The molecule has 0 bridgehead atoms. The molecule has 4 rings (SSSR count). The van der Waals surface area contributed by atoms with E-state index in [4.69, 9.17) is 4.74 Å². The van der Waals surface area contributed by atoms with Crippen LogP contribution in [0.1, 0.15) is 20.8 Å². The Morgan fingerprint density at radius 3 is 2.54 bits per heavy atom. The first-order chi connectivity index (χ1) is 17.0. The second kappa shape index (κ2) is 11.8. The van der Waals surface area contributed by atoms with Gasteiger partial charge in [-0.05, 0) is 47.2 Å². The lowest BCUT2D eigenvalue weighted by Gasteiger charge is -2.27. The molecule has 6 nitrogen and oxygen atoms in total. The minimum absolute atomic E-state index is 0.0603. The molecule has 2 heterocycles. The highest BCUT2D eigenvalue weighted by Gasteiger charge is 2.23. The van der Waals surface area contributed by atoms with E-state index in [0.29, 0.717) is 37.5 Å². The minimum atomic E-state index is -0.322. The largest absolute Gasteiger partial charge is 0.383 e. The lowest BCUT2D eigenvalue weighted by Crippen LogP contribution is -2.44. The second-order valence-corrected chi connectivity index (χ2v) is 9.20. The van der Waals surface area contributed by atoms with E-state index in [0.717, 1.165) is 22.0 Å². The molecule has 0 aliphatic rings. The fourth-order valence-electron chi connectivity index (χ4n) is 3.97. The van der Waals surface area contributed by atoms with Crippen molar-refractivity contribution >= 4 is 34.1 Å². The number of benzene rings is 2. The van der Waals surface area contributed by atoms with E-state index >= 15 is 0 Å². The molecule has 182 valence electrons. The Morgan fingerprint density at radius 1 is 1.00 bits per heavy atom. The van der Waals surface area contributed by atoms with E-state index in [-0.39, 0.29) is 24.2 Å². The van der Waals surface area contributed by atoms with Crippen LogP contribution in [0.4, 0.5) is 4.39 Å². The molecule has 8 heteroatoms. The number of aromatic nitrogens is 1. The van der Waals surface area contributed by atoms with Gasteiger partial charge in [0.2, 0.25) is 5.91 Å². The van der Waals surface area contributed by atoms with Crippen LogP contribution in [0, 0.1) is 5.82 Å². The van der Waals surface area contributed by atoms with Gasteiger partial charge < -0.3 is 19.5 Å². The van der Waals surface area contributed by atoms with Crippen LogP contribution in [0.5, 0.6) is 0 Å². The fourth-order valence-corrected chi connectivity index (χ4v) is 4.66. The van der Waals surface area contributed by atoms with Crippen LogP contribution in [0.3, 0.4) is 0 Å². The van der Waals surface area contributed by atoms with Gasteiger partial charge in [-0.1, -0.05) is 36.4 Å². The first-order valence-electron chi connectivity index (χ1n) is 11.4. The van der Waals surface area contributed by atoms with Crippen molar-refractivity contribution in [2.75, 3.05) is 33.4 Å². The smallest absolute Gasteiger partial charge is 0.264 e. The van der Waals surface area contributed by atoms with Crippen LogP contribution < -0.4 is 0 Å². The zero-order valence-corrected chi connectivity index (χ0v) is 20.4. The zero-order chi connectivity index (χ0) is 24.6.